The molecule has 0 radical (unpaired) electrons. The predicted octanol–water partition coefficient (Wildman–Crippen LogP) is 1.63. The molecular weight excluding hydrogens is 188 g/mol. The third kappa shape index (κ3) is 5.78. The largest absolute Gasteiger partial charge is 0.346 e. The number of carbonyl (C=O) groups excluding carboxylic acids is 1. The summed E-state index contributed by atoms with van der Waals surface area (Å²) in [5.74, 6) is 0.939. The van der Waals surface area contributed by atoms with Crippen LogP contribution in [0.2, 0.25) is 0 Å². The molecule has 1 saturated carbocycles. The topological polar surface area (TPSA) is 32.3 Å². The molecule has 0 bridgehead atoms. The lowest BCUT2D eigenvalue weighted by Crippen LogP contribution is -2.31. The molecule has 88 valence electrons. The van der Waals surface area contributed by atoms with Crippen molar-refractivity contribution in [3.63, 3.8) is 0 Å². The zero-order valence-corrected chi connectivity index (χ0v) is 10.3. The molecule has 0 atom stereocenters. The fourth-order valence-corrected chi connectivity index (χ4v) is 1.44. The summed E-state index contributed by atoms with van der Waals surface area (Å²) in [5, 5.41) is 3.36. The van der Waals surface area contributed by atoms with Gasteiger partial charge in [0, 0.05) is 32.6 Å². The first-order valence-electron chi connectivity index (χ1n) is 6.07. The third-order valence-corrected chi connectivity index (χ3v) is 2.82. The number of hydrogen-bond donors (Lipinski definition) is 1. The molecule has 15 heavy (non-hydrogen) atoms. The SMILES string of the molecule is CC(C)CCN(C)C(=O)CCNC1CC1. The molecule has 1 N–H and O–H groups in total. The van der Waals surface area contributed by atoms with Crippen LogP contribution in [-0.4, -0.2) is 37.0 Å². The van der Waals surface area contributed by atoms with E-state index in [1.54, 1.807) is 0 Å². The van der Waals surface area contributed by atoms with Gasteiger partial charge in [0.2, 0.25) is 5.91 Å². The highest BCUT2D eigenvalue weighted by molar-refractivity contribution is 5.76. The number of amides is 1. The molecule has 0 saturated heterocycles. The first kappa shape index (κ1) is 12.5. The molecule has 0 aliphatic heterocycles. The molecule has 1 rings (SSSR count). The van der Waals surface area contributed by atoms with E-state index in [0.717, 1.165) is 19.5 Å². The fourth-order valence-electron chi connectivity index (χ4n) is 1.44. The van der Waals surface area contributed by atoms with Crippen molar-refractivity contribution in [2.75, 3.05) is 20.1 Å². The molecule has 1 aliphatic carbocycles. The van der Waals surface area contributed by atoms with Crippen molar-refractivity contribution in [3.05, 3.63) is 0 Å². The van der Waals surface area contributed by atoms with Crippen LogP contribution in [0.1, 0.15) is 39.5 Å². The van der Waals surface area contributed by atoms with E-state index in [1.807, 2.05) is 11.9 Å². The van der Waals surface area contributed by atoms with Gasteiger partial charge in [-0.15, -0.1) is 0 Å². The molecule has 0 unspecified atom stereocenters. The standard InChI is InChI=1S/C12H24N2O/c1-10(2)7-9-14(3)12(15)6-8-13-11-4-5-11/h10-11,13H,4-9H2,1-3H3. The van der Waals surface area contributed by atoms with Gasteiger partial charge in [0.05, 0.1) is 0 Å². The maximum absolute atomic E-state index is 11.6. The van der Waals surface area contributed by atoms with E-state index in [4.69, 9.17) is 0 Å². The molecule has 3 heteroatoms. The van der Waals surface area contributed by atoms with Crippen LogP contribution in [0.15, 0.2) is 0 Å². The van der Waals surface area contributed by atoms with E-state index >= 15 is 0 Å². The number of carbonyl (C=O) groups is 1. The Kier molecular flexibility index (Phi) is 5.09. The average molecular weight is 212 g/mol. The van der Waals surface area contributed by atoms with Crippen molar-refractivity contribution in [2.45, 2.75) is 45.6 Å². The third-order valence-electron chi connectivity index (χ3n) is 2.82. The number of nitrogens with one attached hydrogen (secondary N) is 1. The van der Waals surface area contributed by atoms with Crippen molar-refractivity contribution < 1.29 is 4.79 Å². The van der Waals surface area contributed by atoms with Crippen LogP contribution in [0.25, 0.3) is 0 Å². The van der Waals surface area contributed by atoms with Gasteiger partial charge in [0.15, 0.2) is 0 Å². The smallest absolute Gasteiger partial charge is 0.223 e. The van der Waals surface area contributed by atoms with Crippen molar-refractivity contribution in [3.8, 4) is 0 Å². The summed E-state index contributed by atoms with van der Waals surface area (Å²) in [4.78, 5) is 13.5. The van der Waals surface area contributed by atoms with E-state index in [2.05, 4.69) is 19.2 Å². The molecule has 0 aromatic rings. The maximum atomic E-state index is 11.6. The lowest BCUT2D eigenvalue weighted by Gasteiger charge is -2.18. The van der Waals surface area contributed by atoms with Crippen LogP contribution in [-0.2, 0) is 4.79 Å². The van der Waals surface area contributed by atoms with Gasteiger partial charge >= 0.3 is 0 Å². The second-order valence-corrected chi connectivity index (χ2v) is 4.98. The minimum atomic E-state index is 0.267. The minimum absolute atomic E-state index is 0.267. The predicted molar refractivity (Wildman–Crippen MR) is 62.7 cm³/mol. The van der Waals surface area contributed by atoms with Gasteiger partial charge in [-0.2, -0.15) is 0 Å². The van der Waals surface area contributed by atoms with Gasteiger partial charge in [-0.25, -0.2) is 0 Å². The van der Waals surface area contributed by atoms with Crippen molar-refractivity contribution >= 4 is 5.91 Å². The Bertz CT molecular complexity index is 200. The van der Waals surface area contributed by atoms with Gasteiger partial charge in [-0.1, -0.05) is 13.8 Å². The summed E-state index contributed by atoms with van der Waals surface area (Å²) < 4.78 is 0. The highest BCUT2D eigenvalue weighted by atomic mass is 16.2. The lowest BCUT2D eigenvalue weighted by atomic mass is 10.1. The fraction of sp³-hybridized carbons (Fsp3) is 0.917. The van der Waals surface area contributed by atoms with Crippen LogP contribution in [0, 0.1) is 5.92 Å². The van der Waals surface area contributed by atoms with E-state index in [-0.39, 0.29) is 5.91 Å². The van der Waals surface area contributed by atoms with Gasteiger partial charge in [0.1, 0.15) is 0 Å². The minimum Gasteiger partial charge on any atom is -0.346 e. The second-order valence-electron chi connectivity index (χ2n) is 4.98. The normalized spacial score (nSPS) is 15.7. The summed E-state index contributed by atoms with van der Waals surface area (Å²) in [6, 6.07) is 0.707. The Balaban J connectivity index is 2.03. The quantitative estimate of drug-likeness (QED) is 0.695. The Hall–Kier alpha value is -0.570. The lowest BCUT2D eigenvalue weighted by molar-refractivity contribution is -0.129. The van der Waals surface area contributed by atoms with Gasteiger partial charge < -0.3 is 10.2 Å². The Morgan fingerprint density at radius 1 is 1.47 bits per heavy atom. The molecule has 1 aliphatic rings. The van der Waals surface area contributed by atoms with E-state index in [1.165, 1.54) is 12.8 Å². The van der Waals surface area contributed by atoms with Gasteiger partial charge in [0.25, 0.3) is 0 Å². The first-order chi connectivity index (χ1) is 7.09. The zero-order chi connectivity index (χ0) is 11.3. The Morgan fingerprint density at radius 2 is 2.13 bits per heavy atom. The summed E-state index contributed by atoms with van der Waals surface area (Å²) >= 11 is 0. The molecule has 0 aromatic carbocycles. The van der Waals surface area contributed by atoms with Crippen LogP contribution in [0.3, 0.4) is 0 Å². The van der Waals surface area contributed by atoms with Crippen molar-refractivity contribution in [1.82, 2.24) is 10.2 Å². The zero-order valence-electron chi connectivity index (χ0n) is 10.3. The number of rotatable bonds is 7. The summed E-state index contributed by atoms with van der Waals surface area (Å²) in [6.07, 6.45) is 4.32. The Morgan fingerprint density at radius 3 is 2.67 bits per heavy atom. The van der Waals surface area contributed by atoms with Crippen LogP contribution < -0.4 is 5.32 Å². The van der Waals surface area contributed by atoms with E-state index < -0.39 is 0 Å². The number of nitrogens with zero attached hydrogens (tertiary/aromatic N) is 1. The first-order valence-corrected chi connectivity index (χ1v) is 6.07. The van der Waals surface area contributed by atoms with Crippen molar-refractivity contribution in [2.24, 2.45) is 5.92 Å². The Labute approximate surface area is 93.2 Å². The van der Waals surface area contributed by atoms with E-state index in [9.17, 15) is 4.79 Å². The highest BCUT2D eigenvalue weighted by Gasteiger charge is 2.20. The molecule has 0 heterocycles. The molecule has 0 aromatic heterocycles. The number of hydrogen-bond acceptors (Lipinski definition) is 2. The molecule has 3 nitrogen and oxygen atoms in total. The van der Waals surface area contributed by atoms with Crippen LogP contribution in [0.4, 0.5) is 0 Å². The van der Waals surface area contributed by atoms with Crippen LogP contribution >= 0.6 is 0 Å². The monoisotopic (exact) mass is 212 g/mol. The van der Waals surface area contributed by atoms with Crippen LogP contribution in [0.5, 0.6) is 0 Å². The summed E-state index contributed by atoms with van der Waals surface area (Å²) in [5.41, 5.74) is 0. The van der Waals surface area contributed by atoms with Gasteiger partial charge in [-0.3, -0.25) is 4.79 Å². The molecule has 1 amide bonds. The molecule has 0 spiro atoms. The average Bonchev–Trinajstić information content (AvgIpc) is 2.97. The summed E-state index contributed by atoms with van der Waals surface area (Å²) in [6.45, 7) is 6.11. The molecule has 1 fully saturated rings. The van der Waals surface area contributed by atoms with Gasteiger partial charge in [-0.05, 0) is 25.2 Å². The van der Waals surface area contributed by atoms with Crippen molar-refractivity contribution in [1.29, 1.82) is 0 Å². The van der Waals surface area contributed by atoms with E-state index in [0.29, 0.717) is 18.4 Å². The second kappa shape index (κ2) is 6.11. The molecular formula is C12H24N2O. The summed E-state index contributed by atoms with van der Waals surface area (Å²) in [7, 11) is 1.90. The highest BCUT2D eigenvalue weighted by Crippen LogP contribution is 2.18. The maximum Gasteiger partial charge on any atom is 0.223 e.